The van der Waals surface area contributed by atoms with Gasteiger partial charge in [-0.1, -0.05) is 5.16 Å². The Balaban J connectivity index is 2.05. The molecule has 5 heteroatoms. The highest BCUT2D eigenvalue weighted by molar-refractivity contribution is 5.04. The number of hydrogen-bond acceptors (Lipinski definition) is 5. The van der Waals surface area contributed by atoms with Crippen LogP contribution < -0.4 is 5.73 Å². The first-order valence-corrected chi connectivity index (χ1v) is 6.62. The van der Waals surface area contributed by atoms with Gasteiger partial charge in [-0.3, -0.25) is 0 Å². The molecule has 0 saturated heterocycles. The van der Waals surface area contributed by atoms with E-state index in [0.29, 0.717) is 11.7 Å². The van der Waals surface area contributed by atoms with Crippen LogP contribution in [-0.2, 0) is 16.8 Å². The third-order valence-electron chi connectivity index (χ3n) is 3.66. The van der Waals surface area contributed by atoms with E-state index in [9.17, 15) is 0 Å². The number of ether oxygens (including phenoxy) is 1. The normalized spacial score (nSPS) is 19.3. The second kappa shape index (κ2) is 4.97. The number of nitrogens with zero attached hydrogens (tertiary/aromatic N) is 2. The van der Waals surface area contributed by atoms with E-state index in [1.807, 2.05) is 13.8 Å². The largest absolute Gasteiger partial charge is 0.370 e. The van der Waals surface area contributed by atoms with E-state index in [-0.39, 0.29) is 11.1 Å². The molecule has 5 nitrogen and oxygen atoms in total. The second-order valence-corrected chi connectivity index (χ2v) is 5.91. The fourth-order valence-corrected chi connectivity index (χ4v) is 2.44. The van der Waals surface area contributed by atoms with Crippen LogP contribution in [0.15, 0.2) is 4.52 Å². The summed E-state index contributed by atoms with van der Waals surface area (Å²) in [4.78, 5) is 4.48. The van der Waals surface area contributed by atoms with Gasteiger partial charge in [0.1, 0.15) is 5.60 Å². The Morgan fingerprint density at radius 3 is 2.61 bits per heavy atom. The van der Waals surface area contributed by atoms with Crippen molar-refractivity contribution in [1.29, 1.82) is 0 Å². The zero-order chi connectivity index (χ0) is 13.2. The minimum absolute atomic E-state index is 0.207. The van der Waals surface area contributed by atoms with Crippen LogP contribution in [0, 0.1) is 0 Å². The fraction of sp³-hybridized carbons (Fsp3) is 0.846. The molecule has 2 rings (SSSR count). The van der Waals surface area contributed by atoms with Gasteiger partial charge >= 0.3 is 0 Å². The van der Waals surface area contributed by atoms with Crippen molar-refractivity contribution in [3.63, 3.8) is 0 Å². The lowest BCUT2D eigenvalue weighted by Crippen LogP contribution is -2.32. The molecule has 0 unspecified atom stereocenters. The molecule has 0 radical (unpaired) electrons. The van der Waals surface area contributed by atoms with E-state index in [0.717, 1.165) is 38.5 Å². The minimum Gasteiger partial charge on any atom is -0.370 e. The Bertz CT molecular complexity index is 389. The molecule has 2 N–H and O–H groups in total. The van der Waals surface area contributed by atoms with E-state index >= 15 is 0 Å². The van der Waals surface area contributed by atoms with Gasteiger partial charge in [-0.25, -0.2) is 0 Å². The van der Waals surface area contributed by atoms with Crippen LogP contribution in [0.25, 0.3) is 0 Å². The Labute approximate surface area is 108 Å². The highest BCUT2D eigenvalue weighted by atomic mass is 16.5. The number of aryl methyl sites for hydroxylation is 1. The fourth-order valence-electron chi connectivity index (χ4n) is 2.44. The molecule has 18 heavy (non-hydrogen) atoms. The van der Waals surface area contributed by atoms with Crippen LogP contribution in [0.1, 0.15) is 57.7 Å². The van der Waals surface area contributed by atoms with E-state index < -0.39 is 0 Å². The lowest BCUT2D eigenvalue weighted by molar-refractivity contribution is -0.0178. The monoisotopic (exact) mass is 253 g/mol. The Kier molecular flexibility index (Phi) is 3.73. The standard InChI is InChI=1S/C13H23N3O2/c1-12(2,14)9-6-10-15-11(16-18-10)13(17-3)7-4-5-8-13/h4-9,14H2,1-3H3. The van der Waals surface area contributed by atoms with Crippen molar-refractivity contribution in [1.82, 2.24) is 10.1 Å². The summed E-state index contributed by atoms with van der Waals surface area (Å²) in [6.07, 6.45) is 5.82. The molecule has 1 fully saturated rings. The van der Waals surface area contributed by atoms with Crippen LogP contribution >= 0.6 is 0 Å². The summed E-state index contributed by atoms with van der Waals surface area (Å²) in [5.74, 6) is 1.36. The molecule has 102 valence electrons. The zero-order valence-corrected chi connectivity index (χ0v) is 11.5. The van der Waals surface area contributed by atoms with Crippen molar-refractivity contribution in [2.45, 2.75) is 63.5 Å². The number of methoxy groups -OCH3 is 1. The first kappa shape index (κ1) is 13.5. The van der Waals surface area contributed by atoms with Crippen molar-refractivity contribution >= 4 is 0 Å². The molecule has 1 heterocycles. The summed E-state index contributed by atoms with van der Waals surface area (Å²) in [5, 5.41) is 4.09. The smallest absolute Gasteiger partial charge is 0.226 e. The van der Waals surface area contributed by atoms with Crippen molar-refractivity contribution in [3.8, 4) is 0 Å². The lowest BCUT2D eigenvalue weighted by atomic mass is 10.00. The van der Waals surface area contributed by atoms with Gasteiger partial charge in [0.15, 0.2) is 0 Å². The summed E-state index contributed by atoms with van der Waals surface area (Å²) in [7, 11) is 1.73. The zero-order valence-electron chi connectivity index (χ0n) is 11.5. The quantitative estimate of drug-likeness (QED) is 0.870. The van der Waals surface area contributed by atoms with Gasteiger partial charge in [-0.15, -0.1) is 0 Å². The maximum Gasteiger partial charge on any atom is 0.226 e. The van der Waals surface area contributed by atoms with Crippen LogP contribution in [0.4, 0.5) is 0 Å². The maximum absolute atomic E-state index is 5.95. The molecular formula is C13H23N3O2. The molecule has 0 aromatic carbocycles. The molecule has 0 aliphatic heterocycles. The maximum atomic E-state index is 5.95. The summed E-state index contributed by atoms with van der Waals surface area (Å²) in [6.45, 7) is 4.00. The lowest BCUT2D eigenvalue weighted by Gasteiger charge is -2.22. The molecule has 1 aromatic rings. The van der Waals surface area contributed by atoms with Crippen LogP contribution in [0.2, 0.25) is 0 Å². The predicted molar refractivity (Wildman–Crippen MR) is 68.0 cm³/mol. The van der Waals surface area contributed by atoms with Gasteiger partial charge < -0.3 is 15.0 Å². The van der Waals surface area contributed by atoms with Gasteiger partial charge in [0, 0.05) is 19.1 Å². The summed E-state index contributed by atoms with van der Waals surface area (Å²) in [5.41, 5.74) is 5.42. The van der Waals surface area contributed by atoms with Crippen molar-refractivity contribution in [2.24, 2.45) is 5.73 Å². The molecule has 1 aliphatic carbocycles. The van der Waals surface area contributed by atoms with Crippen LogP contribution in [0.5, 0.6) is 0 Å². The molecular weight excluding hydrogens is 230 g/mol. The number of rotatable bonds is 5. The van der Waals surface area contributed by atoms with Crippen LogP contribution in [-0.4, -0.2) is 22.8 Å². The SMILES string of the molecule is COC1(c2noc(CCC(C)(C)N)n2)CCCC1. The molecule has 0 spiro atoms. The van der Waals surface area contributed by atoms with Gasteiger partial charge in [0.2, 0.25) is 11.7 Å². The van der Waals surface area contributed by atoms with E-state index in [1.54, 1.807) is 7.11 Å². The average Bonchev–Trinajstić information content (AvgIpc) is 2.95. The number of hydrogen-bond donors (Lipinski definition) is 1. The third kappa shape index (κ3) is 2.90. The van der Waals surface area contributed by atoms with Gasteiger partial charge in [-0.2, -0.15) is 4.98 Å². The van der Waals surface area contributed by atoms with Crippen molar-refractivity contribution in [3.05, 3.63) is 11.7 Å². The number of nitrogens with two attached hydrogens (primary N) is 1. The van der Waals surface area contributed by atoms with Crippen molar-refractivity contribution < 1.29 is 9.26 Å². The van der Waals surface area contributed by atoms with E-state index in [2.05, 4.69) is 10.1 Å². The summed E-state index contributed by atoms with van der Waals surface area (Å²) >= 11 is 0. The summed E-state index contributed by atoms with van der Waals surface area (Å²) < 4.78 is 10.9. The molecule has 1 aliphatic rings. The van der Waals surface area contributed by atoms with Crippen molar-refractivity contribution in [2.75, 3.05) is 7.11 Å². The molecule has 0 atom stereocenters. The van der Waals surface area contributed by atoms with Gasteiger partial charge in [0.25, 0.3) is 0 Å². The molecule has 0 bridgehead atoms. The summed E-state index contributed by atoms with van der Waals surface area (Å²) in [6, 6.07) is 0. The Hall–Kier alpha value is -0.940. The highest BCUT2D eigenvalue weighted by Gasteiger charge is 2.40. The first-order chi connectivity index (χ1) is 8.45. The molecule has 0 amide bonds. The third-order valence-corrected chi connectivity index (χ3v) is 3.66. The molecule has 1 aromatic heterocycles. The second-order valence-electron chi connectivity index (χ2n) is 5.91. The Morgan fingerprint density at radius 2 is 2.06 bits per heavy atom. The van der Waals surface area contributed by atoms with Crippen LogP contribution in [0.3, 0.4) is 0 Å². The Morgan fingerprint density at radius 1 is 1.39 bits per heavy atom. The minimum atomic E-state index is -0.319. The highest BCUT2D eigenvalue weighted by Crippen LogP contribution is 2.40. The molecule has 1 saturated carbocycles. The van der Waals surface area contributed by atoms with Gasteiger partial charge in [-0.05, 0) is 46.0 Å². The average molecular weight is 253 g/mol. The first-order valence-electron chi connectivity index (χ1n) is 6.62. The van der Waals surface area contributed by atoms with Gasteiger partial charge in [0.05, 0.1) is 0 Å². The topological polar surface area (TPSA) is 74.2 Å². The van der Waals surface area contributed by atoms with E-state index in [4.69, 9.17) is 15.0 Å². The van der Waals surface area contributed by atoms with E-state index in [1.165, 1.54) is 0 Å². The predicted octanol–water partition coefficient (Wildman–Crippen LogP) is 2.16. The number of aromatic nitrogens is 2.